The monoisotopic (exact) mass is 476 g/mol. The van der Waals surface area contributed by atoms with Crippen molar-refractivity contribution >= 4 is 11.9 Å². The summed E-state index contributed by atoms with van der Waals surface area (Å²) in [5, 5.41) is 14.9. The minimum Gasteiger partial charge on any atom is -0.481 e. The van der Waals surface area contributed by atoms with Crippen LogP contribution < -0.4 is 10.1 Å². The molecule has 0 unspecified atom stereocenters. The molecule has 0 radical (unpaired) electrons. The van der Waals surface area contributed by atoms with E-state index in [1.165, 1.54) is 6.20 Å². The summed E-state index contributed by atoms with van der Waals surface area (Å²) in [7, 11) is 0. The third-order valence-corrected chi connectivity index (χ3v) is 4.88. The van der Waals surface area contributed by atoms with E-state index in [1.807, 2.05) is 6.92 Å². The van der Waals surface area contributed by atoms with Gasteiger partial charge in [-0.25, -0.2) is 9.67 Å². The second-order valence-electron chi connectivity index (χ2n) is 7.44. The van der Waals surface area contributed by atoms with Gasteiger partial charge in [-0.2, -0.15) is 18.3 Å². The van der Waals surface area contributed by atoms with Gasteiger partial charge in [0.15, 0.2) is 0 Å². The molecule has 2 heterocycles. The number of amides is 1. The summed E-state index contributed by atoms with van der Waals surface area (Å²) in [5.74, 6) is -1.07. The lowest BCUT2D eigenvalue weighted by atomic mass is 10.0. The second kappa shape index (κ2) is 10.8. The zero-order valence-electron chi connectivity index (χ0n) is 18.2. The Morgan fingerprint density at radius 3 is 2.44 bits per heavy atom. The molecule has 3 aromatic rings. The molecule has 0 saturated carbocycles. The minimum atomic E-state index is -4.48. The average Bonchev–Trinajstić information content (AvgIpc) is 3.30. The van der Waals surface area contributed by atoms with Crippen LogP contribution in [0.5, 0.6) is 5.88 Å². The summed E-state index contributed by atoms with van der Waals surface area (Å²) in [6, 6.07) is 9.88. The standard InChI is InChI=1S/C23H23F3N4O4/c1-2-3-19(15-4-6-16(7-5-15)22(33)27-11-10-21(31)32)34-20-9-8-18(13-28-20)30-14-17(12-29-30)23(24,25)26/h4-9,12-14,19H,2-3,10-11H2,1H3,(H,27,33)(H,31,32)/t19-/m1/s1. The Labute approximate surface area is 193 Å². The lowest BCUT2D eigenvalue weighted by Crippen LogP contribution is -2.26. The summed E-state index contributed by atoms with van der Waals surface area (Å²) in [6.45, 7) is 2.03. The smallest absolute Gasteiger partial charge is 0.419 e. The molecule has 0 saturated heterocycles. The molecule has 0 aliphatic carbocycles. The van der Waals surface area contributed by atoms with Crippen LogP contribution in [0.15, 0.2) is 55.0 Å². The lowest BCUT2D eigenvalue weighted by Gasteiger charge is -2.19. The van der Waals surface area contributed by atoms with Gasteiger partial charge >= 0.3 is 12.1 Å². The Morgan fingerprint density at radius 2 is 1.88 bits per heavy atom. The number of nitrogens with zero attached hydrogens (tertiary/aromatic N) is 3. The van der Waals surface area contributed by atoms with Crippen molar-refractivity contribution in [2.75, 3.05) is 6.54 Å². The number of alkyl halides is 3. The summed E-state index contributed by atoms with van der Waals surface area (Å²) in [6.07, 6.45) is -0.503. The van der Waals surface area contributed by atoms with Crippen LogP contribution in [-0.2, 0) is 11.0 Å². The number of nitrogens with one attached hydrogen (secondary N) is 1. The van der Waals surface area contributed by atoms with Crippen LogP contribution in [-0.4, -0.2) is 38.3 Å². The van der Waals surface area contributed by atoms with Gasteiger partial charge in [-0.1, -0.05) is 25.5 Å². The van der Waals surface area contributed by atoms with Crippen LogP contribution in [0.25, 0.3) is 5.69 Å². The highest BCUT2D eigenvalue weighted by Gasteiger charge is 2.32. The molecule has 0 bridgehead atoms. The van der Waals surface area contributed by atoms with E-state index in [9.17, 15) is 22.8 Å². The van der Waals surface area contributed by atoms with E-state index in [1.54, 1.807) is 36.4 Å². The van der Waals surface area contributed by atoms with Crippen molar-refractivity contribution in [1.82, 2.24) is 20.1 Å². The predicted octanol–water partition coefficient (Wildman–Crippen LogP) is 4.41. The fourth-order valence-corrected chi connectivity index (χ4v) is 3.12. The van der Waals surface area contributed by atoms with Gasteiger partial charge in [0.25, 0.3) is 5.91 Å². The number of halogens is 3. The van der Waals surface area contributed by atoms with Gasteiger partial charge in [0.1, 0.15) is 6.10 Å². The maximum atomic E-state index is 12.8. The number of carbonyl (C=O) groups excluding carboxylic acids is 1. The zero-order valence-corrected chi connectivity index (χ0v) is 18.2. The van der Waals surface area contributed by atoms with Gasteiger partial charge in [0.05, 0.1) is 30.1 Å². The number of carboxylic acids is 1. The highest BCUT2D eigenvalue weighted by Crippen LogP contribution is 2.29. The van der Waals surface area contributed by atoms with Crippen LogP contribution >= 0.6 is 0 Å². The van der Waals surface area contributed by atoms with Gasteiger partial charge in [-0.3, -0.25) is 9.59 Å². The third kappa shape index (κ3) is 6.56. The fourth-order valence-electron chi connectivity index (χ4n) is 3.12. The van der Waals surface area contributed by atoms with E-state index in [0.29, 0.717) is 23.6 Å². The lowest BCUT2D eigenvalue weighted by molar-refractivity contribution is -0.138. The van der Waals surface area contributed by atoms with Crippen molar-refractivity contribution in [1.29, 1.82) is 0 Å². The highest BCUT2D eigenvalue weighted by molar-refractivity contribution is 5.94. The molecular weight excluding hydrogens is 453 g/mol. The first kappa shape index (κ1) is 24.7. The number of carbonyl (C=O) groups is 2. The number of ether oxygens (including phenoxy) is 1. The summed E-state index contributed by atoms with van der Waals surface area (Å²) >= 11 is 0. The molecule has 1 atom stereocenters. The Morgan fingerprint density at radius 1 is 1.15 bits per heavy atom. The van der Waals surface area contributed by atoms with Crippen LogP contribution in [0.2, 0.25) is 0 Å². The zero-order chi connectivity index (χ0) is 24.7. The largest absolute Gasteiger partial charge is 0.481 e. The SMILES string of the molecule is CCC[C@@H](Oc1ccc(-n2cc(C(F)(F)F)cn2)cn1)c1ccc(C(=O)NCCC(=O)O)cc1. The summed E-state index contributed by atoms with van der Waals surface area (Å²) in [4.78, 5) is 26.9. The third-order valence-electron chi connectivity index (χ3n) is 4.88. The quantitative estimate of drug-likeness (QED) is 0.449. The molecule has 1 aromatic carbocycles. The molecule has 2 N–H and O–H groups in total. The van der Waals surface area contributed by atoms with Crippen molar-refractivity contribution in [3.05, 3.63) is 71.7 Å². The summed E-state index contributed by atoms with van der Waals surface area (Å²) < 4.78 is 45.4. The van der Waals surface area contributed by atoms with Gasteiger partial charge in [-0.15, -0.1) is 0 Å². The maximum Gasteiger partial charge on any atom is 0.419 e. The number of aliphatic carboxylic acids is 1. The van der Waals surface area contributed by atoms with E-state index < -0.39 is 17.7 Å². The van der Waals surface area contributed by atoms with E-state index in [2.05, 4.69) is 15.4 Å². The average molecular weight is 476 g/mol. The number of pyridine rings is 1. The number of rotatable bonds is 10. The Kier molecular flexibility index (Phi) is 7.87. The van der Waals surface area contributed by atoms with Crippen molar-refractivity contribution in [2.45, 2.75) is 38.5 Å². The molecule has 8 nitrogen and oxygen atoms in total. The van der Waals surface area contributed by atoms with E-state index in [0.717, 1.165) is 29.1 Å². The summed E-state index contributed by atoms with van der Waals surface area (Å²) in [5.41, 5.74) is 0.712. The maximum absolute atomic E-state index is 12.8. The van der Waals surface area contributed by atoms with E-state index >= 15 is 0 Å². The minimum absolute atomic E-state index is 0.0369. The Bertz CT molecular complexity index is 1110. The van der Waals surface area contributed by atoms with Crippen molar-refractivity contribution in [3.8, 4) is 11.6 Å². The van der Waals surface area contributed by atoms with Gasteiger partial charge in [0, 0.05) is 24.4 Å². The van der Waals surface area contributed by atoms with Crippen LogP contribution in [0.4, 0.5) is 13.2 Å². The molecule has 0 aliphatic rings. The number of benzene rings is 1. The first-order valence-electron chi connectivity index (χ1n) is 10.5. The first-order valence-corrected chi connectivity index (χ1v) is 10.5. The highest BCUT2D eigenvalue weighted by atomic mass is 19.4. The van der Waals surface area contributed by atoms with Crippen LogP contribution in [0, 0.1) is 0 Å². The molecule has 11 heteroatoms. The van der Waals surface area contributed by atoms with Crippen LogP contribution in [0.3, 0.4) is 0 Å². The fraction of sp³-hybridized carbons (Fsp3) is 0.304. The number of aromatic nitrogens is 3. The molecule has 2 aromatic heterocycles. The molecule has 1 amide bonds. The van der Waals surface area contributed by atoms with Crippen molar-refractivity contribution < 1.29 is 32.6 Å². The molecule has 3 rings (SSSR count). The molecule has 180 valence electrons. The molecule has 0 spiro atoms. The van der Waals surface area contributed by atoms with Crippen LogP contribution in [0.1, 0.15) is 53.8 Å². The Hall–Kier alpha value is -3.89. The van der Waals surface area contributed by atoms with Gasteiger partial charge in [0.2, 0.25) is 5.88 Å². The van der Waals surface area contributed by atoms with E-state index in [4.69, 9.17) is 9.84 Å². The number of hydrogen-bond donors (Lipinski definition) is 2. The van der Waals surface area contributed by atoms with Gasteiger partial charge < -0.3 is 15.2 Å². The van der Waals surface area contributed by atoms with Gasteiger partial charge in [-0.05, 0) is 30.2 Å². The first-order chi connectivity index (χ1) is 16.2. The van der Waals surface area contributed by atoms with E-state index in [-0.39, 0.29) is 25.0 Å². The molecule has 0 fully saturated rings. The normalized spacial score (nSPS) is 12.2. The predicted molar refractivity (Wildman–Crippen MR) is 116 cm³/mol. The second-order valence-corrected chi connectivity index (χ2v) is 7.44. The number of hydrogen-bond acceptors (Lipinski definition) is 5. The molecule has 0 aliphatic heterocycles. The molecule has 34 heavy (non-hydrogen) atoms. The molecular formula is C23H23F3N4O4. The Balaban J connectivity index is 1.67. The number of carboxylic acid groups (broad SMARTS) is 1. The topological polar surface area (TPSA) is 106 Å². The van der Waals surface area contributed by atoms with Crippen molar-refractivity contribution in [2.24, 2.45) is 0 Å². The van der Waals surface area contributed by atoms with Crippen molar-refractivity contribution in [3.63, 3.8) is 0 Å².